The van der Waals surface area contributed by atoms with Crippen molar-refractivity contribution in [3.63, 3.8) is 0 Å². The first kappa shape index (κ1) is 9.85. The molecule has 0 bridgehead atoms. The molecule has 0 unspecified atom stereocenters. The van der Waals surface area contributed by atoms with E-state index in [9.17, 15) is 0 Å². The van der Waals surface area contributed by atoms with E-state index in [1.807, 2.05) is 11.8 Å². The first-order valence-corrected chi connectivity index (χ1v) is 6.28. The molecule has 0 amide bonds. The van der Waals surface area contributed by atoms with E-state index in [0.717, 1.165) is 0 Å². The second-order valence-electron chi connectivity index (χ2n) is 3.93. The number of thioether (sulfide) groups is 1. The van der Waals surface area contributed by atoms with Crippen molar-refractivity contribution in [2.24, 2.45) is 0 Å². The highest BCUT2D eigenvalue weighted by molar-refractivity contribution is 7.98. The highest BCUT2D eigenvalue weighted by atomic mass is 32.2. The molecule has 0 radical (unpaired) electrons. The van der Waals surface area contributed by atoms with Crippen molar-refractivity contribution < 1.29 is 0 Å². The fraction of sp³-hybridized carbons (Fsp3) is 0.385. The van der Waals surface area contributed by atoms with Crippen LogP contribution in [0.1, 0.15) is 30.9 Å². The van der Waals surface area contributed by atoms with Gasteiger partial charge in [0.15, 0.2) is 0 Å². The maximum absolute atomic E-state index is 2.31. The standard InChI is InChI=1S/C13H16S/c1-9-4-7-13(14-3)12(8-9)10(2)11-5-6-11/h4,7-8H,5-6H2,1-3H3. The molecule has 0 atom stereocenters. The van der Waals surface area contributed by atoms with Crippen LogP contribution in [0.3, 0.4) is 0 Å². The Balaban J connectivity index is 2.49. The van der Waals surface area contributed by atoms with E-state index >= 15 is 0 Å². The van der Waals surface area contributed by atoms with Crippen LogP contribution in [0.5, 0.6) is 0 Å². The summed E-state index contributed by atoms with van der Waals surface area (Å²) < 4.78 is 0. The van der Waals surface area contributed by atoms with Gasteiger partial charge in [0.2, 0.25) is 0 Å². The summed E-state index contributed by atoms with van der Waals surface area (Å²) in [5.74, 6) is 0. The summed E-state index contributed by atoms with van der Waals surface area (Å²) in [6.07, 6.45) is 4.78. The molecule has 0 spiro atoms. The topological polar surface area (TPSA) is 0 Å². The van der Waals surface area contributed by atoms with Crippen LogP contribution in [-0.4, -0.2) is 6.26 Å². The molecule has 0 N–H and O–H groups in total. The third-order valence-corrected chi connectivity index (χ3v) is 3.59. The van der Waals surface area contributed by atoms with E-state index in [0.29, 0.717) is 0 Å². The zero-order valence-electron chi connectivity index (χ0n) is 9.05. The summed E-state index contributed by atoms with van der Waals surface area (Å²) in [4.78, 5) is 1.41. The summed E-state index contributed by atoms with van der Waals surface area (Å²) in [7, 11) is 0. The molecule has 1 saturated carbocycles. The third kappa shape index (κ3) is 1.88. The Morgan fingerprint density at radius 1 is 1.29 bits per heavy atom. The molecular formula is C13H16S. The van der Waals surface area contributed by atoms with E-state index in [1.54, 1.807) is 5.57 Å². The smallest absolute Gasteiger partial charge is 0.0144 e. The minimum atomic E-state index is 1.31. The van der Waals surface area contributed by atoms with Gasteiger partial charge in [-0.25, -0.2) is 0 Å². The van der Waals surface area contributed by atoms with Crippen molar-refractivity contribution in [3.05, 3.63) is 34.9 Å². The number of allylic oxidation sites excluding steroid dienone is 2. The molecule has 0 saturated heterocycles. The van der Waals surface area contributed by atoms with Crippen molar-refractivity contribution in [3.8, 4) is 0 Å². The number of rotatable bonds is 2. The second kappa shape index (κ2) is 3.82. The SMILES string of the molecule is CSc1ccc(C)cc1C(C)=C1CC1. The summed E-state index contributed by atoms with van der Waals surface area (Å²) in [6.45, 7) is 4.43. The van der Waals surface area contributed by atoms with Crippen molar-refractivity contribution in [2.45, 2.75) is 31.6 Å². The Labute approximate surface area is 90.4 Å². The minimum absolute atomic E-state index is 1.31. The predicted molar refractivity (Wildman–Crippen MR) is 64.8 cm³/mol. The maximum atomic E-state index is 2.31. The molecule has 1 aromatic carbocycles. The van der Waals surface area contributed by atoms with Gasteiger partial charge in [0, 0.05) is 4.90 Å². The Morgan fingerprint density at radius 3 is 2.57 bits per heavy atom. The Hall–Kier alpha value is -0.690. The van der Waals surface area contributed by atoms with E-state index in [-0.39, 0.29) is 0 Å². The summed E-state index contributed by atoms with van der Waals surface area (Å²) in [5, 5.41) is 0. The van der Waals surface area contributed by atoms with Gasteiger partial charge >= 0.3 is 0 Å². The highest BCUT2D eigenvalue weighted by Crippen LogP contribution is 2.39. The van der Waals surface area contributed by atoms with Gasteiger partial charge in [0.05, 0.1) is 0 Å². The van der Waals surface area contributed by atoms with Crippen LogP contribution in [0, 0.1) is 6.92 Å². The van der Waals surface area contributed by atoms with Crippen LogP contribution >= 0.6 is 11.8 Å². The van der Waals surface area contributed by atoms with Crippen molar-refractivity contribution in [2.75, 3.05) is 6.26 Å². The predicted octanol–water partition coefficient (Wildman–Crippen LogP) is 4.28. The van der Waals surface area contributed by atoms with Crippen molar-refractivity contribution >= 4 is 17.3 Å². The fourth-order valence-corrected chi connectivity index (χ4v) is 2.38. The van der Waals surface area contributed by atoms with Gasteiger partial charge < -0.3 is 0 Å². The van der Waals surface area contributed by atoms with Gasteiger partial charge in [-0.05, 0) is 50.1 Å². The molecule has 74 valence electrons. The Bertz CT molecular complexity index is 382. The molecule has 0 aromatic heterocycles. The zero-order valence-corrected chi connectivity index (χ0v) is 9.87. The van der Waals surface area contributed by atoms with E-state index in [1.165, 1.54) is 34.4 Å². The second-order valence-corrected chi connectivity index (χ2v) is 4.78. The lowest BCUT2D eigenvalue weighted by Gasteiger charge is -2.08. The lowest BCUT2D eigenvalue weighted by Crippen LogP contribution is -1.86. The lowest BCUT2D eigenvalue weighted by molar-refractivity contribution is 1.32. The number of benzene rings is 1. The lowest BCUT2D eigenvalue weighted by atomic mass is 10.0. The van der Waals surface area contributed by atoms with Gasteiger partial charge in [-0.15, -0.1) is 11.8 Å². The molecule has 0 nitrogen and oxygen atoms in total. The first-order valence-electron chi connectivity index (χ1n) is 5.06. The minimum Gasteiger partial charge on any atom is -0.129 e. The average molecular weight is 204 g/mol. The van der Waals surface area contributed by atoms with E-state index in [4.69, 9.17) is 0 Å². The zero-order chi connectivity index (χ0) is 10.1. The van der Waals surface area contributed by atoms with Crippen molar-refractivity contribution in [1.82, 2.24) is 0 Å². The maximum Gasteiger partial charge on any atom is 0.0144 e. The Morgan fingerprint density at radius 2 is 2.00 bits per heavy atom. The molecule has 1 aliphatic rings. The molecule has 1 heteroatoms. The van der Waals surface area contributed by atoms with Gasteiger partial charge in [-0.3, -0.25) is 0 Å². The monoisotopic (exact) mass is 204 g/mol. The average Bonchev–Trinajstić information content (AvgIpc) is 3.00. The van der Waals surface area contributed by atoms with Gasteiger partial charge in [-0.1, -0.05) is 23.3 Å². The van der Waals surface area contributed by atoms with E-state index < -0.39 is 0 Å². The van der Waals surface area contributed by atoms with Crippen LogP contribution in [0.2, 0.25) is 0 Å². The summed E-state index contributed by atoms with van der Waals surface area (Å²) in [6, 6.07) is 6.74. The number of aryl methyl sites for hydroxylation is 1. The molecule has 14 heavy (non-hydrogen) atoms. The molecule has 2 rings (SSSR count). The quantitative estimate of drug-likeness (QED) is 0.648. The van der Waals surface area contributed by atoms with Crippen LogP contribution in [0.4, 0.5) is 0 Å². The van der Waals surface area contributed by atoms with E-state index in [2.05, 4.69) is 38.3 Å². The Kier molecular flexibility index (Phi) is 2.69. The molecule has 0 heterocycles. The van der Waals surface area contributed by atoms with Gasteiger partial charge in [-0.2, -0.15) is 0 Å². The van der Waals surface area contributed by atoms with Gasteiger partial charge in [0.25, 0.3) is 0 Å². The third-order valence-electron chi connectivity index (χ3n) is 2.79. The van der Waals surface area contributed by atoms with Crippen LogP contribution in [0.25, 0.3) is 5.57 Å². The van der Waals surface area contributed by atoms with Crippen LogP contribution in [0.15, 0.2) is 28.7 Å². The molecule has 1 fully saturated rings. The summed E-state index contributed by atoms with van der Waals surface area (Å²) >= 11 is 1.84. The van der Waals surface area contributed by atoms with Crippen molar-refractivity contribution in [1.29, 1.82) is 0 Å². The molecular weight excluding hydrogens is 188 g/mol. The molecule has 1 aromatic rings. The summed E-state index contributed by atoms with van der Waals surface area (Å²) in [5.41, 5.74) is 5.97. The van der Waals surface area contributed by atoms with Crippen LogP contribution in [-0.2, 0) is 0 Å². The normalized spacial score (nSPS) is 14.4. The fourth-order valence-electron chi connectivity index (χ4n) is 1.74. The number of hydrogen-bond donors (Lipinski definition) is 0. The van der Waals surface area contributed by atoms with Crippen LogP contribution < -0.4 is 0 Å². The van der Waals surface area contributed by atoms with Gasteiger partial charge in [0.1, 0.15) is 0 Å². The molecule has 0 aliphatic heterocycles. The first-order chi connectivity index (χ1) is 6.72. The number of hydrogen-bond acceptors (Lipinski definition) is 1. The highest BCUT2D eigenvalue weighted by Gasteiger charge is 2.17. The molecule has 1 aliphatic carbocycles. The largest absolute Gasteiger partial charge is 0.129 e.